The molecule has 32 heavy (non-hydrogen) atoms. The van der Waals surface area contributed by atoms with Gasteiger partial charge in [0.1, 0.15) is 11.9 Å². The number of carbonyl (C=O) groups excluding carboxylic acids is 1. The number of pyridine rings is 1. The van der Waals surface area contributed by atoms with Crippen LogP contribution in [0.2, 0.25) is 0 Å². The number of amides is 2. The fraction of sp³-hybridized carbons (Fsp3) is 0.333. The molecular formula is C24H29N5O3. The number of aliphatic hydroxyl groups is 1. The zero-order chi connectivity index (χ0) is 22.5. The van der Waals surface area contributed by atoms with Gasteiger partial charge in [-0.2, -0.15) is 0 Å². The van der Waals surface area contributed by atoms with Crippen molar-refractivity contribution < 1.29 is 14.6 Å². The highest BCUT2D eigenvalue weighted by Crippen LogP contribution is 2.30. The topological polar surface area (TPSA) is 113 Å². The van der Waals surface area contributed by atoms with Gasteiger partial charge in [0.15, 0.2) is 0 Å². The third-order valence-corrected chi connectivity index (χ3v) is 5.90. The number of hydrogen-bond donors (Lipinski definition) is 4. The molecule has 1 aliphatic rings. The van der Waals surface area contributed by atoms with Gasteiger partial charge in [-0.3, -0.25) is 9.88 Å². The van der Waals surface area contributed by atoms with Crippen molar-refractivity contribution in [1.82, 2.24) is 15.2 Å². The number of nitrogens with two attached hydrogens (primary N) is 1. The first kappa shape index (κ1) is 22.2. The number of fused-ring (bicyclic) bond motifs is 1. The number of anilines is 1. The molecule has 0 spiro atoms. The molecule has 168 valence electrons. The van der Waals surface area contributed by atoms with E-state index in [1.807, 2.05) is 42.5 Å². The van der Waals surface area contributed by atoms with E-state index in [-0.39, 0.29) is 23.7 Å². The van der Waals surface area contributed by atoms with E-state index >= 15 is 0 Å². The Labute approximate surface area is 187 Å². The second kappa shape index (κ2) is 10.1. The van der Waals surface area contributed by atoms with Crippen molar-refractivity contribution in [3.05, 3.63) is 72.1 Å². The summed E-state index contributed by atoms with van der Waals surface area (Å²) in [6.45, 7) is 2.99. The second-order valence-electron chi connectivity index (χ2n) is 8.03. The van der Waals surface area contributed by atoms with E-state index in [0.717, 1.165) is 30.4 Å². The summed E-state index contributed by atoms with van der Waals surface area (Å²) in [4.78, 5) is 19.6. The minimum Gasteiger partial charge on any atom is -0.383 e. The van der Waals surface area contributed by atoms with Crippen LogP contribution in [0.25, 0.3) is 10.8 Å². The number of nitrogens with one attached hydrogen (secondary N) is 2. The summed E-state index contributed by atoms with van der Waals surface area (Å²) in [7, 11) is 1.69. The molecule has 0 saturated carbocycles. The minimum absolute atomic E-state index is 0.0801. The average Bonchev–Trinajstić information content (AvgIpc) is 3.20. The predicted octanol–water partition coefficient (Wildman–Crippen LogP) is 2.42. The van der Waals surface area contributed by atoms with Crippen molar-refractivity contribution in [2.75, 3.05) is 38.7 Å². The maximum Gasteiger partial charge on any atom is 0.319 e. The number of aliphatic hydroxyl groups excluding tert-OH is 1. The Balaban J connectivity index is 1.55. The Morgan fingerprint density at radius 3 is 2.72 bits per heavy atom. The monoisotopic (exact) mass is 435 g/mol. The molecular weight excluding hydrogens is 406 g/mol. The molecule has 1 saturated heterocycles. The van der Waals surface area contributed by atoms with Gasteiger partial charge in [0.25, 0.3) is 0 Å². The molecule has 1 aliphatic heterocycles. The molecule has 8 nitrogen and oxygen atoms in total. The minimum atomic E-state index is -1.30. The van der Waals surface area contributed by atoms with Crippen molar-refractivity contribution in [3.63, 3.8) is 0 Å². The Bertz CT molecular complexity index is 1060. The van der Waals surface area contributed by atoms with Crippen LogP contribution in [-0.2, 0) is 4.74 Å². The lowest BCUT2D eigenvalue weighted by Crippen LogP contribution is -2.42. The normalized spacial score (nSPS) is 19.7. The van der Waals surface area contributed by atoms with Crippen molar-refractivity contribution in [2.24, 2.45) is 5.73 Å². The second-order valence-corrected chi connectivity index (χ2v) is 8.03. The third-order valence-electron chi connectivity index (χ3n) is 5.90. The van der Waals surface area contributed by atoms with E-state index in [1.54, 1.807) is 13.3 Å². The number of aromatic nitrogens is 1. The Morgan fingerprint density at radius 1 is 1.22 bits per heavy atom. The number of rotatable bonds is 7. The lowest BCUT2D eigenvalue weighted by molar-refractivity contribution is 0.159. The van der Waals surface area contributed by atoms with Crippen LogP contribution in [0.4, 0.5) is 10.5 Å². The maximum absolute atomic E-state index is 13.1. The number of urea groups is 1. The lowest BCUT2D eigenvalue weighted by Gasteiger charge is -2.22. The number of likely N-dealkylation sites (tertiary alicyclic amines) is 1. The summed E-state index contributed by atoms with van der Waals surface area (Å²) in [5.74, 6) is 0.156. The molecule has 2 heterocycles. The zero-order valence-corrected chi connectivity index (χ0v) is 18.1. The van der Waals surface area contributed by atoms with Crippen LogP contribution in [0.1, 0.15) is 23.4 Å². The summed E-state index contributed by atoms with van der Waals surface area (Å²) >= 11 is 0. The van der Waals surface area contributed by atoms with Gasteiger partial charge in [-0.25, -0.2) is 4.79 Å². The van der Waals surface area contributed by atoms with E-state index in [0.29, 0.717) is 12.3 Å². The highest BCUT2D eigenvalue weighted by molar-refractivity contribution is 6.02. The van der Waals surface area contributed by atoms with Gasteiger partial charge in [-0.1, -0.05) is 54.6 Å². The number of methoxy groups -OCH3 is 1. The molecule has 2 amide bonds. The largest absolute Gasteiger partial charge is 0.383 e. The first-order valence-corrected chi connectivity index (χ1v) is 10.7. The Kier molecular flexibility index (Phi) is 6.96. The van der Waals surface area contributed by atoms with Crippen LogP contribution in [0.5, 0.6) is 0 Å². The molecule has 4 rings (SSSR count). The summed E-state index contributed by atoms with van der Waals surface area (Å²) in [6.07, 6.45) is 0.336. The lowest BCUT2D eigenvalue weighted by atomic mass is 9.94. The van der Waals surface area contributed by atoms with E-state index in [4.69, 9.17) is 10.5 Å². The van der Waals surface area contributed by atoms with Crippen LogP contribution < -0.4 is 16.4 Å². The van der Waals surface area contributed by atoms with E-state index in [2.05, 4.69) is 32.7 Å². The van der Waals surface area contributed by atoms with Gasteiger partial charge in [0, 0.05) is 49.6 Å². The fourth-order valence-corrected chi connectivity index (χ4v) is 4.32. The number of hydrogen-bond acceptors (Lipinski definition) is 6. The van der Waals surface area contributed by atoms with E-state index in [1.165, 1.54) is 5.56 Å². The van der Waals surface area contributed by atoms with Crippen molar-refractivity contribution >= 4 is 22.5 Å². The summed E-state index contributed by atoms with van der Waals surface area (Å²) < 4.78 is 5.23. The third kappa shape index (κ3) is 4.89. The Hall–Kier alpha value is -3.04. The number of benzene rings is 2. The molecule has 3 atom stereocenters. The van der Waals surface area contributed by atoms with Gasteiger partial charge in [0.2, 0.25) is 0 Å². The van der Waals surface area contributed by atoms with Crippen molar-refractivity contribution in [3.8, 4) is 0 Å². The fourth-order valence-electron chi connectivity index (χ4n) is 4.32. The first-order chi connectivity index (χ1) is 15.6. The van der Waals surface area contributed by atoms with Gasteiger partial charge in [-0.15, -0.1) is 0 Å². The molecule has 0 radical (unpaired) electrons. The van der Waals surface area contributed by atoms with Gasteiger partial charge in [-0.05, 0) is 5.56 Å². The SMILES string of the molecule is COCCN1C[C@@H](NC(=O)Nc2c(C(N)O)ncc3ccccc23)[C@H](c2ccccc2)C1. The highest BCUT2D eigenvalue weighted by Gasteiger charge is 2.34. The molecule has 1 unspecified atom stereocenters. The van der Waals surface area contributed by atoms with Crippen LogP contribution in [0.3, 0.4) is 0 Å². The van der Waals surface area contributed by atoms with Gasteiger partial charge >= 0.3 is 6.03 Å². The van der Waals surface area contributed by atoms with Crippen molar-refractivity contribution in [1.29, 1.82) is 0 Å². The molecule has 0 bridgehead atoms. The highest BCUT2D eigenvalue weighted by atomic mass is 16.5. The maximum atomic E-state index is 13.1. The quantitative estimate of drug-likeness (QED) is 0.424. The summed E-state index contributed by atoms with van der Waals surface area (Å²) in [5.41, 5.74) is 7.54. The number of ether oxygens (including phenoxy) is 1. The zero-order valence-electron chi connectivity index (χ0n) is 18.1. The van der Waals surface area contributed by atoms with Crippen LogP contribution in [0, 0.1) is 0 Å². The van der Waals surface area contributed by atoms with Crippen LogP contribution in [0.15, 0.2) is 60.8 Å². The molecule has 1 fully saturated rings. The molecule has 5 N–H and O–H groups in total. The summed E-state index contributed by atoms with van der Waals surface area (Å²) in [6, 6.07) is 17.3. The molecule has 1 aromatic heterocycles. The van der Waals surface area contributed by atoms with E-state index in [9.17, 15) is 9.90 Å². The van der Waals surface area contributed by atoms with Gasteiger partial charge in [0.05, 0.1) is 18.3 Å². The number of carbonyl (C=O) groups is 1. The summed E-state index contributed by atoms with van der Waals surface area (Å²) in [5, 5.41) is 17.6. The molecule has 8 heteroatoms. The first-order valence-electron chi connectivity index (χ1n) is 10.7. The van der Waals surface area contributed by atoms with Crippen LogP contribution >= 0.6 is 0 Å². The van der Waals surface area contributed by atoms with Gasteiger partial charge < -0.3 is 26.2 Å². The molecule has 2 aromatic carbocycles. The molecule has 0 aliphatic carbocycles. The predicted molar refractivity (Wildman–Crippen MR) is 124 cm³/mol. The van der Waals surface area contributed by atoms with Crippen LogP contribution in [-0.4, -0.2) is 60.4 Å². The van der Waals surface area contributed by atoms with Crippen molar-refractivity contribution in [2.45, 2.75) is 18.2 Å². The Morgan fingerprint density at radius 2 is 1.97 bits per heavy atom. The molecule has 3 aromatic rings. The standard InChI is InChI=1S/C24H29N5O3/c1-32-12-11-29-14-19(16-7-3-2-4-8-16)20(15-29)27-24(31)28-21-18-10-6-5-9-17(18)13-26-22(21)23(25)30/h2-10,13,19-20,23,30H,11-12,14-15,25H2,1H3,(H2,27,28,31)/t19-,20+,23?/m0/s1. The van der Waals surface area contributed by atoms with E-state index < -0.39 is 6.23 Å². The average molecular weight is 436 g/mol. The smallest absolute Gasteiger partial charge is 0.319 e. The number of nitrogens with zero attached hydrogens (tertiary/aromatic N) is 2.